The van der Waals surface area contributed by atoms with Crippen molar-refractivity contribution in [3.05, 3.63) is 188 Å². The van der Waals surface area contributed by atoms with Gasteiger partial charge in [0.15, 0.2) is 0 Å². The monoisotopic (exact) mass is 900 g/mol. The zero-order chi connectivity index (χ0) is 48.4. The molecule has 8 rings (SSSR count). The first-order valence-electron chi connectivity index (χ1n) is 21.7. The topological polar surface area (TPSA) is 262 Å². The zero-order valence-electron chi connectivity index (χ0n) is 38.4. The van der Waals surface area contributed by atoms with Gasteiger partial charge in [0.2, 0.25) is 0 Å². The van der Waals surface area contributed by atoms with E-state index >= 15 is 0 Å². The van der Waals surface area contributed by atoms with Crippen molar-refractivity contribution in [1.82, 2.24) is 35.2 Å². The summed E-state index contributed by atoms with van der Waals surface area (Å²) >= 11 is 0. The lowest BCUT2D eigenvalue weighted by Crippen LogP contribution is -2.24. The Morgan fingerprint density at radius 3 is 1.52 bits per heavy atom. The predicted octanol–water partition coefficient (Wildman–Crippen LogP) is 7.51. The number of aromatic nitrogens is 6. The number of carbonyl (C=O) groups excluding carboxylic acids is 1. The summed E-state index contributed by atoms with van der Waals surface area (Å²) < 4.78 is 0. The van der Waals surface area contributed by atoms with E-state index in [1.165, 1.54) is 12.3 Å². The van der Waals surface area contributed by atoms with Gasteiger partial charge in [0.25, 0.3) is 5.91 Å². The fraction of sp³-hybridized carbons (Fsp3) is 0.231. The number of fused-ring (bicyclic) bond motifs is 2. The molecule has 2 aromatic carbocycles. The quantitative estimate of drug-likeness (QED) is 0.0663. The van der Waals surface area contributed by atoms with Gasteiger partial charge in [-0.2, -0.15) is 0 Å². The highest BCUT2D eigenvalue weighted by Gasteiger charge is 2.13. The molecule has 0 saturated heterocycles. The molecule has 67 heavy (non-hydrogen) atoms. The van der Waals surface area contributed by atoms with Crippen LogP contribution in [0, 0.1) is 27.7 Å². The molecule has 0 bridgehead atoms. The average molecular weight is 901 g/mol. The van der Waals surface area contributed by atoms with Crippen molar-refractivity contribution >= 4 is 45.3 Å². The van der Waals surface area contributed by atoms with E-state index in [1.54, 1.807) is 44.6 Å². The number of hydrogen-bond acceptors (Lipinski definition) is 13. The summed E-state index contributed by atoms with van der Waals surface area (Å²) in [7, 11) is 0. The van der Waals surface area contributed by atoms with E-state index in [1.807, 2.05) is 94.4 Å². The molecule has 0 saturated carbocycles. The van der Waals surface area contributed by atoms with Crippen LogP contribution in [0.15, 0.2) is 110 Å². The Morgan fingerprint density at radius 1 is 0.612 bits per heavy atom. The average Bonchev–Trinajstić information content (AvgIpc) is 3.28. The molecule has 15 heteroatoms. The van der Waals surface area contributed by atoms with Gasteiger partial charge in [0, 0.05) is 89.8 Å². The summed E-state index contributed by atoms with van der Waals surface area (Å²) in [6.45, 7) is 12.1. The van der Waals surface area contributed by atoms with Crippen LogP contribution < -0.4 is 22.5 Å². The van der Waals surface area contributed by atoms with E-state index in [0.29, 0.717) is 48.8 Å². The van der Waals surface area contributed by atoms with Crippen molar-refractivity contribution < 1.29 is 24.9 Å². The van der Waals surface area contributed by atoms with Gasteiger partial charge >= 0.3 is 5.97 Å². The zero-order valence-corrected chi connectivity index (χ0v) is 38.4. The molecule has 0 aliphatic heterocycles. The lowest BCUT2D eigenvalue weighted by Gasteiger charge is -2.12. The second-order valence-electron chi connectivity index (χ2n) is 16.4. The number of benzene rings is 2. The Kier molecular flexibility index (Phi) is 16.0. The molecule has 0 spiro atoms. The largest absolute Gasteiger partial charge is 0.478 e. The van der Waals surface area contributed by atoms with Crippen molar-refractivity contribution in [3.63, 3.8) is 0 Å². The van der Waals surface area contributed by atoms with Crippen molar-refractivity contribution in [2.45, 2.75) is 79.7 Å². The number of aliphatic hydroxyl groups is 2. The molecule has 1 amide bonds. The number of carbonyl (C=O) groups is 2. The maximum atomic E-state index is 12.8. The number of nitrogens with zero attached hydrogens (tertiary/aromatic N) is 6. The molecular weight excluding hydrogens is 845 g/mol. The highest BCUT2D eigenvalue weighted by Crippen LogP contribution is 2.23. The number of aromatic carboxylic acids is 1. The Labute approximate surface area is 389 Å². The van der Waals surface area contributed by atoms with Crippen molar-refractivity contribution in [3.8, 4) is 0 Å². The third-order valence-electron chi connectivity index (χ3n) is 11.2. The number of anilines is 2. The van der Waals surface area contributed by atoms with Gasteiger partial charge in [-0.25, -0.2) is 14.8 Å². The van der Waals surface area contributed by atoms with E-state index in [-0.39, 0.29) is 11.5 Å². The van der Waals surface area contributed by atoms with Gasteiger partial charge in [-0.3, -0.25) is 24.7 Å². The van der Waals surface area contributed by atoms with Crippen LogP contribution in [0.25, 0.3) is 21.8 Å². The number of aryl methyl sites for hydroxylation is 4. The lowest BCUT2D eigenvalue weighted by atomic mass is 10.0. The van der Waals surface area contributed by atoms with Crippen LogP contribution in [0.5, 0.6) is 0 Å². The maximum Gasteiger partial charge on any atom is 0.335 e. The number of nitrogens with one attached hydrogen (secondary N) is 1. The van der Waals surface area contributed by atoms with Gasteiger partial charge in [-0.05, 0) is 159 Å². The number of amides is 1. The molecule has 10 N–H and O–H groups in total. The van der Waals surface area contributed by atoms with Crippen molar-refractivity contribution in [1.29, 1.82) is 0 Å². The highest BCUT2D eigenvalue weighted by molar-refractivity contribution is 5.94. The van der Waals surface area contributed by atoms with Gasteiger partial charge < -0.3 is 37.8 Å². The normalized spacial score (nSPS) is 11.8. The predicted molar refractivity (Wildman–Crippen MR) is 261 cm³/mol. The molecule has 0 radical (unpaired) electrons. The van der Waals surface area contributed by atoms with Crippen LogP contribution in [-0.4, -0.2) is 57.1 Å². The number of hydrogen-bond donors (Lipinski definition) is 7. The molecule has 6 aromatic heterocycles. The third kappa shape index (κ3) is 13.0. The first-order valence-corrected chi connectivity index (χ1v) is 21.7. The maximum absolute atomic E-state index is 12.8. The first-order chi connectivity index (χ1) is 32.0. The SMILES string of the molecule is CC(O)c1cnc2ccc(Cc3cc(C(=O)O)ccn3)cc2c1.Cc1cc(N)nc(C)c1CN.Cc1cc(N)nc(C)c1CNC(=O)c1ccnc(Cc2ccc3ncc(C(C)O)cc3c2)c1. The minimum Gasteiger partial charge on any atom is -0.478 e. The minimum absolute atomic E-state index is 0.168. The Hall–Kier alpha value is -7.72. The Bertz CT molecular complexity index is 3020. The summed E-state index contributed by atoms with van der Waals surface area (Å²) in [5, 5.41) is 33.4. The molecular formula is C52H56N10O5. The first kappa shape index (κ1) is 48.7. The van der Waals surface area contributed by atoms with Crippen LogP contribution in [0.2, 0.25) is 0 Å². The summed E-state index contributed by atoms with van der Waals surface area (Å²) in [4.78, 5) is 49.6. The highest BCUT2D eigenvalue weighted by atomic mass is 16.4. The molecule has 6 heterocycles. The number of nitrogens with two attached hydrogens (primary N) is 3. The van der Waals surface area contributed by atoms with Crippen molar-refractivity contribution in [2.24, 2.45) is 5.73 Å². The van der Waals surface area contributed by atoms with Gasteiger partial charge in [0.05, 0.1) is 28.8 Å². The van der Waals surface area contributed by atoms with Gasteiger partial charge in [-0.15, -0.1) is 0 Å². The number of carboxylic acids is 1. The summed E-state index contributed by atoms with van der Waals surface area (Å²) in [5.41, 5.74) is 30.4. The van der Waals surface area contributed by atoms with Crippen LogP contribution in [0.3, 0.4) is 0 Å². The van der Waals surface area contributed by atoms with E-state index in [0.717, 1.165) is 83.4 Å². The Balaban J connectivity index is 0.000000188. The fourth-order valence-corrected chi connectivity index (χ4v) is 7.54. The number of nitrogen functional groups attached to an aromatic ring is 2. The molecule has 0 aliphatic carbocycles. The van der Waals surface area contributed by atoms with Crippen LogP contribution in [0.4, 0.5) is 11.6 Å². The third-order valence-corrected chi connectivity index (χ3v) is 11.2. The van der Waals surface area contributed by atoms with E-state index in [4.69, 9.17) is 22.3 Å². The number of aliphatic hydroxyl groups excluding tert-OH is 2. The summed E-state index contributed by atoms with van der Waals surface area (Å²) in [6, 6.07) is 25.9. The molecule has 2 atom stereocenters. The van der Waals surface area contributed by atoms with E-state index < -0.39 is 18.2 Å². The number of pyridine rings is 6. The minimum atomic E-state index is -0.960. The van der Waals surface area contributed by atoms with Gasteiger partial charge in [-0.1, -0.05) is 12.1 Å². The van der Waals surface area contributed by atoms with Crippen LogP contribution in [-0.2, 0) is 25.9 Å². The van der Waals surface area contributed by atoms with Crippen molar-refractivity contribution in [2.75, 3.05) is 11.5 Å². The molecule has 15 nitrogen and oxygen atoms in total. The molecule has 8 aromatic rings. The van der Waals surface area contributed by atoms with E-state index in [2.05, 4.69) is 35.2 Å². The van der Waals surface area contributed by atoms with E-state index in [9.17, 15) is 19.8 Å². The summed E-state index contributed by atoms with van der Waals surface area (Å²) in [5.74, 6) is -0.0841. The smallest absolute Gasteiger partial charge is 0.335 e. The number of rotatable bonds is 11. The summed E-state index contributed by atoms with van der Waals surface area (Å²) in [6.07, 6.45) is 6.51. The lowest BCUT2D eigenvalue weighted by molar-refractivity contribution is 0.0696. The van der Waals surface area contributed by atoms with Crippen LogP contribution in [0.1, 0.15) is 114 Å². The second kappa shape index (κ2) is 22.0. The van der Waals surface area contributed by atoms with Crippen LogP contribution >= 0.6 is 0 Å². The number of carboxylic acid groups (broad SMARTS) is 1. The molecule has 0 fully saturated rings. The molecule has 344 valence electrons. The standard InChI is InChI=1S/C26H27N5O2.C18H16N2O3.C8H13N3/c1-15-8-25(27)31-16(2)23(15)14-30-26(33)19-6-7-28-22(12-19)10-18-4-5-24-20(9-18)11-21(13-29-24)17(3)32;1-11(21)15-8-14-6-12(2-3-17(14)20-10-15)7-16-9-13(18(22)23)4-5-19-16;1-5-3-8(10)11-6(2)7(5)4-9/h4-9,11-13,17,32H,10,14H2,1-3H3,(H2,27,31)(H,30,33);2-6,8-11,21H,7H2,1H3,(H,22,23);3H,4,9H2,1-2H3,(H2,10,11). The Morgan fingerprint density at radius 2 is 1.07 bits per heavy atom. The molecule has 0 aliphatic rings. The molecule has 2 unspecified atom stereocenters. The fourth-order valence-electron chi connectivity index (χ4n) is 7.54. The second-order valence-corrected chi connectivity index (χ2v) is 16.4. The van der Waals surface area contributed by atoms with Gasteiger partial charge in [0.1, 0.15) is 11.6 Å².